The van der Waals surface area contributed by atoms with Crippen molar-refractivity contribution in [2.45, 2.75) is 39.0 Å². The highest BCUT2D eigenvalue weighted by Crippen LogP contribution is 2.32. The van der Waals surface area contributed by atoms with Gasteiger partial charge in [-0.15, -0.1) is 22.7 Å². The number of hydrogen-bond donors (Lipinski definition) is 1. The zero-order valence-electron chi connectivity index (χ0n) is 11.2. The lowest BCUT2D eigenvalue weighted by molar-refractivity contribution is 0.102. The van der Waals surface area contributed by atoms with Crippen LogP contribution in [0.1, 0.15) is 52.1 Å². The van der Waals surface area contributed by atoms with Gasteiger partial charge >= 0.3 is 0 Å². The van der Waals surface area contributed by atoms with Crippen LogP contribution < -0.4 is 5.32 Å². The molecular weight excluding hydrogens is 358 g/mol. The fourth-order valence-corrected chi connectivity index (χ4v) is 4.79. The van der Waals surface area contributed by atoms with Crippen LogP contribution in [0.15, 0.2) is 3.92 Å². The van der Waals surface area contributed by atoms with Gasteiger partial charge in [-0.3, -0.25) is 10.1 Å². The van der Waals surface area contributed by atoms with Crippen LogP contribution in [-0.2, 0) is 12.8 Å². The second-order valence-corrected chi connectivity index (χ2v) is 8.42. The van der Waals surface area contributed by atoms with Crippen LogP contribution in [0.3, 0.4) is 0 Å². The van der Waals surface area contributed by atoms with E-state index in [2.05, 4.69) is 45.1 Å². The largest absolute Gasteiger partial charge is 0.296 e. The van der Waals surface area contributed by atoms with Gasteiger partial charge in [0.15, 0.2) is 9.05 Å². The summed E-state index contributed by atoms with van der Waals surface area (Å²) in [5.74, 6) is 0.115. The second-order valence-electron chi connectivity index (χ2n) is 5.03. The average molecular weight is 372 g/mol. The van der Waals surface area contributed by atoms with Crippen LogP contribution in [0.5, 0.6) is 0 Å². The first-order chi connectivity index (χ1) is 9.54. The minimum absolute atomic E-state index is 0.164. The summed E-state index contributed by atoms with van der Waals surface area (Å²) in [6.07, 6.45) is 3.29. The van der Waals surface area contributed by atoms with E-state index in [9.17, 15) is 4.79 Å². The third-order valence-electron chi connectivity index (χ3n) is 3.18. The van der Waals surface area contributed by atoms with Gasteiger partial charge in [0.25, 0.3) is 5.91 Å². The van der Waals surface area contributed by atoms with E-state index in [0.717, 1.165) is 27.3 Å². The van der Waals surface area contributed by atoms with Gasteiger partial charge < -0.3 is 0 Å². The van der Waals surface area contributed by atoms with E-state index in [-0.39, 0.29) is 11.8 Å². The molecule has 2 heterocycles. The zero-order chi connectivity index (χ0) is 14.3. The van der Waals surface area contributed by atoms with Crippen molar-refractivity contribution in [1.29, 1.82) is 0 Å². The third kappa shape index (κ3) is 2.66. The van der Waals surface area contributed by atoms with Crippen LogP contribution in [-0.4, -0.2) is 15.9 Å². The Kier molecular flexibility index (Phi) is 3.92. The Labute approximate surface area is 133 Å². The third-order valence-corrected chi connectivity index (χ3v) is 6.06. The fraction of sp³-hybridized carbons (Fsp3) is 0.462. The van der Waals surface area contributed by atoms with Gasteiger partial charge in [-0.05, 0) is 41.1 Å². The summed E-state index contributed by atoms with van der Waals surface area (Å²) in [7, 11) is 0. The number of rotatable bonds is 3. The Balaban J connectivity index is 1.82. The summed E-state index contributed by atoms with van der Waals surface area (Å²) < 4.78 is 0.744. The maximum Gasteiger partial charge on any atom is 0.277 e. The average Bonchev–Trinajstić information content (AvgIpc) is 3.02. The summed E-state index contributed by atoms with van der Waals surface area (Å²) in [6.45, 7) is 4.13. The summed E-state index contributed by atoms with van der Waals surface area (Å²) in [5.41, 5.74) is 1.65. The Morgan fingerprint density at radius 1 is 1.30 bits per heavy atom. The SMILES string of the molecule is CC(C)c1sc(Br)nc1C(=O)Nc1nc2c(s1)CCC2. The predicted octanol–water partition coefficient (Wildman–Crippen LogP) is 4.23. The van der Waals surface area contributed by atoms with Crippen molar-refractivity contribution in [3.8, 4) is 0 Å². The maximum atomic E-state index is 12.4. The number of anilines is 1. The van der Waals surface area contributed by atoms with Crippen LogP contribution >= 0.6 is 38.6 Å². The Bertz CT molecular complexity index is 641. The van der Waals surface area contributed by atoms with E-state index < -0.39 is 0 Å². The predicted molar refractivity (Wildman–Crippen MR) is 86.0 cm³/mol. The van der Waals surface area contributed by atoms with Crippen molar-refractivity contribution in [2.24, 2.45) is 0 Å². The molecule has 0 spiro atoms. The fourth-order valence-electron chi connectivity index (χ4n) is 2.26. The van der Waals surface area contributed by atoms with Gasteiger partial charge in [0.05, 0.1) is 5.69 Å². The molecule has 0 radical (unpaired) electrons. The lowest BCUT2D eigenvalue weighted by Gasteiger charge is -2.04. The van der Waals surface area contributed by atoms with Gasteiger partial charge in [-0.2, -0.15) is 0 Å². The van der Waals surface area contributed by atoms with Gasteiger partial charge in [0, 0.05) is 9.75 Å². The normalized spacial score (nSPS) is 13.8. The molecule has 2 aromatic rings. The van der Waals surface area contributed by atoms with E-state index >= 15 is 0 Å². The molecule has 1 aliphatic carbocycles. The number of aromatic nitrogens is 2. The second kappa shape index (κ2) is 5.54. The molecule has 4 nitrogen and oxygen atoms in total. The molecular formula is C13H14BrN3OS2. The highest BCUT2D eigenvalue weighted by Gasteiger charge is 2.22. The molecule has 0 unspecified atom stereocenters. The molecule has 0 atom stereocenters. The van der Waals surface area contributed by atoms with E-state index in [1.54, 1.807) is 11.3 Å². The number of thiazole rings is 2. The molecule has 0 bridgehead atoms. The molecule has 0 saturated carbocycles. The van der Waals surface area contributed by atoms with Crippen LogP contribution in [0.2, 0.25) is 0 Å². The molecule has 3 rings (SSSR count). The zero-order valence-corrected chi connectivity index (χ0v) is 14.4. The number of halogens is 1. The van der Waals surface area contributed by atoms with Crippen LogP contribution in [0, 0.1) is 0 Å². The topological polar surface area (TPSA) is 54.9 Å². The van der Waals surface area contributed by atoms with Crippen molar-refractivity contribution < 1.29 is 4.79 Å². The van der Waals surface area contributed by atoms with Crippen molar-refractivity contribution in [2.75, 3.05) is 5.32 Å². The molecule has 1 amide bonds. The molecule has 7 heteroatoms. The molecule has 0 fully saturated rings. The number of fused-ring (bicyclic) bond motifs is 1. The number of hydrogen-bond acceptors (Lipinski definition) is 5. The van der Waals surface area contributed by atoms with E-state index in [0.29, 0.717) is 10.8 Å². The molecule has 106 valence electrons. The van der Waals surface area contributed by atoms with Crippen LogP contribution in [0.25, 0.3) is 0 Å². The van der Waals surface area contributed by atoms with Crippen molar-refractivity contribution >= 4 is 49.6 Å². The first kappa shape index (κ1) is 14.2. The number of carbonyl (C=O) groups is 1. The van der Waals surface area contributed by atoms with Crippen molar-refractivity contribution in [3.63, 3.8) is 0 Å². The summed E-state index contributed by atoms with van der Waals surface area (Å²) in [5, 5.41) is 3.58. The first-order valence-electron chi connectivity index (χ1n) is 6.50. The van der Waals surface area contributed by atoms with Gasteiger partial charge in [-0.1, -0.05) is 13.8 Å². The molecule has 0 aromatic carbocycles. The minimum Gasteiger partial charge on any atom is -0.296 e. The highest BCUT2D eigenvalue weighted by atomic mass is 79.9. The smallest absolute Gasteiger partial charge is 0.277 e. The quantitative estimate of drug-likeness (QED) is 0.878. The monoisotopic (exact) mass is 371 g/mol. The number of amides is 1. The van der Waals surface area contributed by atoms with Gasteiger partial charge in [-0.25, -0.2) is 9.97 Å². The minimum atomic E-state index is -0.164. The number of nitrogens with one attached hydrogen (secondary N) is 1. The van der Waals surface area contributed by atoms with Crippen LogP contribution in [0.4, 0.5) is 5.13 Å². The summed E-state index contributed by atoms with van der Waals surface area (Å²) in [6, 6.07) is 0. The summed E-state index contributed by atoms with van der Waals surface area (Å²) >= 11 is 6.46. The molecule has 1 aliphatic rings. The first-order valence-corrected chi connectivity index (χ1v) is 8.93. The summed E-state index contributed by atoms with van der Waals surface area (Å²) in [4.78, 5) is 23.4. The van der Waals surface area contributed by atoms with E-state index in [4.69, 9.17) is 0 Å². The van der Waals surface area contributed by atoms with Gasteiger partial charge in [0.1, 0.15) is 5.69 Å². The molecule has 2 aromatic heterocycles. The Hall–Kier alpha value is -0.790. The number of nitrogens with zero attached hydrogens (tertiary/aromatic N) is 2. The molecule has 0 aliphatic heterocycles. The molecule has 0 saturated heterocycles. The highest BCUT2D eigenvalue weighted by molar-refractivity contribution is 9.11. The van der Waals surface area contributed by atoms with Crippen molar-refractivity contribution in [3.05, 3.63) is 25.1 Å². The molecule has 1 N–H and O–H groups in total. The van der Waals surface area contributed by atoms with Crippen molar-refractivity contribution in [1.82, 2.24) is 9.97 Å². The number of aryl methyl sites for hydroxylation is 2. The Morgan fingerprint density at radius 2 is 2.10 bits per heavy atom. The van der Waals surface area contributed by atoms with E-state index in [1.807, 2.05) is 0 Å². The number of carbonyl (C=O) groups excluding carboxylic acids is 1. The maximum absolute atomic E-state index is 12.4. The lowest BCUT2D eigenvalue weighted by Crippen LogP contribution is -2.14. The van der Waals surface area contributed by atoms with Gasteiger partial charge in [0.2, 0.25) is 0 Å². The standard InChI is InChI=1S/C13H14BrN3OS2/c1-6(2)10-9(16-12(14)20-10)11(18)17-13-15-7-4-3-5-8(7)19-13/h6H,3-5H2,1-2H3,(H,15,17,18). The lowest BCUT2D eigenvalue weighted by atomic mass is 10.1. The molecule has 20 heavy (non-hydrogen) atoms. The Morgan fingerprint density at radius 3 is 2.80 bits per heavy atom. The van der Waals surface area contributed by atoms with E-state index in [1.165, 1.54) is 22.6 Å².